The number of rotatable bonds is 1. The van der Waals surface area contributed by atoms with E-state index in [1.807, 2.05) is 0 Å². The lowest BCUT2D eigenvalue weighted by Crippen LogP contribution is -2.19. The van der Waals surface area contributed by atoms with E-state index in [0.717, 1.165) is 5.84 Å². The van der Waals surface area contributed by atoms with E-state index in [9.17, 15) is 0 Å². The van der Waals surface area contributed by atoms with Crippen LogP contribution in [-0.4, -0.2) is 19.6 Å². The maximum atomic E-state index is 4.02. The van der Waals surface area contributed by atoms with Crippen molar-refractivity contribution in [2.24, 2.45) is 15.9 Å². The molecule has 1 aliphatic rings. The molecular formula is C7H12N2. The SMILES string of the molecule is C=N/C(=N\C)C1CCC1. The van der Waals surface area contributed by atoms with Gasteiger partial charge in [-0.3, -0.25) is 4.99 Å². The van der Waals surface area contributed by atoms with Crippen molar-refractivity contribution in [3.8, 4) is 0 Å². The Morgan fingerprint density at radius 2 is 2.22 bits per heavy atom. The highest BCUT2D eigenvalue weighted by Gasteiger charge is 2.21. The van der Waals surface area contributed by atoms with Gasteiger partial charge in [-0.15, -0.1) is 0 Å². The minimum atomic E-state index is 0.632. The van der Waals surface area contributed by atoms with Crippen LogP contribution in [0.5, 0.6) is 0 Å². The van der Waals surface area contributed by atoms with E-state index in [-0.39, 0.29) is 0 Å². The molecule has 1 saturated carbocycles. The molecule has 1 rings (SSSR count). The molecule has 0 atom stereocenters. The minimum Gasteiger partial charge on any atom is -0.274 e. The fourth-order valence-corrected chi connectivity index (χ4v) is 1.05. The second-order valence-electron chi connectivity index (χ2n) is 2.37. The lowest BCUT2D eigenvalue weighted by atomic mass is 9.84. The maximum Gasteiger partial charge on any atom is 0.125 e. The second-order valence-corrected chi connectivity index (χ2v) is 2.37. The summed E-state index contributed by atoms with van der Waals surface area (Å²) in [6.07, 6.45) is 3.84. The molecule has 0 N–H and O–H groups in total. The Morgan fingerprint density at radius 1 is 1.56 bits per heavy atom. The summed E-state index contributed by atoms with van der Waals surface area (Å²) in [4.78, 5) is 7.84. The Balaban J connectivity index is 2.46. The number of hydrogen-bond acceptors (Lipinski definition) is 1. The molecule has 1 aliphatic carbocycles. The van der Waals surface area contributed by atoms with Gasteiger partial charge in [-0.1, -0.05) is 6.42 Å². The highest BCUT2D eigenvalue weighted by molar-refractivity contribution is 5.88. The summed E-state index contributed by atoms with van der Waals surface area (Å²) in [5, 5.41) is 0. The Kier molecular flexibility index (Phi) is 1.98. The Hall–Kier alpha value is -0.660. The van der Waals surface area contributed by atoms with Gasteiger partial charge >= 0.3 is 0 Å². The molecule has 0 aromatic carbocycles. The van der Waals surface area contributed by atoms with Crippen LogP contribution >= 0.6 is 0 Å². The highest BCUT2D eigenvalue weighted by Crippen LogP contribution is 2.27. The summed E-state index contributed by atoms with van der Waals surface area (Å²) in [5.41, 5.74) is 0. The third kappa shape index (κ3) is 1.18. The quantitative estimate of drug-likeness (QED) is 0.374. The zero-order valence-electron chi connectivity index (χ0n) is 5.80. The lowest BCUT2D eigenvalue weighted by Gasteiger charge is -2.23. The van der Waals surface area contributed by atoms with Gasteiger partial charge in [0.1, 0.15) is 5.84 Å². The van der Waals surface area contributed by atoms with Crippen LogP contribution in [0.3, 0.4) is 0 Å². The van der Waals surface area contributed by atoms with Crippen molar-refractivity contribution < 1.29 is 0 Å². The van der Waals surface area contributed by atoms with Gasteiger partial charge in [-0.05, 0) is 19.6 Å². The van der Waals surface area contributed by atoms with Crippen LogP contribution in [0.15, 0.2) is 9.98 Å². The molecule has 0 heterocycles. The van der Waals surface area contributed by atoms with Gasteiger partial charge in [0.2, 0.25) is 0 Å². The topological polar surface area (TPSA) is 24.7 Å². The van der Waals surface area contributed by atoms with Gasteiger partial charge in [0.15, 0.2) is 0 Å². The third-order valence-corrected chi connectivity index (χ3v) is 1.86. The third-order valence-electron chi connectivity index (χ3n) is 1.86. The number of amidine groups is 1. The van der Waals surface area contributed by atoms with E-state index in [1.54, 1.807) is 7.05 Å². The van der Waals surface area contributed by atoms with Gasteiger partial charge < -0.3 is 0 Å². The van der Waals surface area contributed by atoms with Crippen molar-refractivity contribution in [3.63, 3.8) is 0 Å². The molecular weight excluding hydrogens is 112 g/mol. The van der Waals surface area contributed by atoms with Crippen LogP contribution in [0.4, 0.5) is 0 Å². The molecule has 2 heteroatoms. The molecule has 0 unspecified atom stereocenters. The normalized spacial score (nSPS) is 21.2. The van der Waals surface area contributed by atoms with E-state index >= 15 is 0 Å². The zero-order valence-corrected chi connectivity index (χ0v) is 5.80. The van der Waals surface area contributed by atoms with E-state index in [1.165, 1.54) is 19.3 Å². The second kappa shape index (κ2) is 2.76. The fraction of sp³-hybridized carbons (Fsp3) is 0.714. The van der Waals surface area contributed by atoms with Gasteiger partial charge in [0.05, 0.1) is 0 Å². The van der Waals surface area contributed by atoms with Gasteiger partial charge in [0, 0.05) is 13.0 Å². The predicted molar refractivity (Wildman–Crippen MR) is 40.2 cm³/mol. The van der Waals surface area contributed by atoms with Crippen LogP contribution in [0.1, 0.15) is 19.3 Å². The molecule has 9 heavy (non-hydrogen) atoms. The first-order chi connectivity index (χ1) is 4.38. The Bertz CT molecular complexity index is 134. The maximum absolute atomic E-state index is 4.02. The lowest BCUT2D eigenvalue weighted by molar-refractivity contribution is 0.411. The molecule has 0 saturated heterocycles. The minimum absolute atomic E-state index is 0.632. The zero-order chi connectivity index (χ0) is 6.69. The predicted octanol–water partition coefficient (Wildman–Crippen LogP) is 1.52. The van der Waals surface area contributed by atoms with E-state index in [0.29, 0.717) is 5.92 Å². The summed E-state index contributed by atoms with van der Waals surface area (Å²) >= 11 is 0. The summed E-state index contributed by atoms with van der Waals surface area (Å²) in [7, 11) is 1.78. The number of aliphatic imine (C=N–C) groups is 2. The smallest absolute Gasteiger partial charge is 0.125 e. The number of hydrogen-bond donors (Lipinski definition) is 0. The first-order valence-corrected chi connectivity index (χ1v) is 3.32. The average molecular weight is 124 g/mol. The molecule has 0 spiro atoms. The summed E-state index contributed by atoms with van der Waals surface area (Å²) in [6, 6.07) is 0. The van der Waals surface area contributed by atoms with Crippen LogP contribution < -0.4 is 0 Å². The van der Waals surface area contributed by atoms with Gasteiger partial charge in [0.25, 0.3) is 0 Å². The number of nitrogens with zero attached hydrogens (tertiary/aromatic N) is 2. The van der Waals surface area contributed by atoms with Crippen molar-refractivity contribution in [2.75, 3.05) is 7.05 Å². The van der Waals surface area contributed by atoms with Crippen LogP contribution in [0, 0.1) is 5.92 Å². The van der Waals surface area contributed by atoms with E-state index in [2.05, 4.69) is 16.7 Å². The molecule has 0 aromatic rings. The van der Waals surface area contributed by atoms with Crippen LogP contribution in [0.25, 0.3) is 0 Å². The molecule has 0 aliphatic heterocycles. The Morgan fingerprint density at radius 3 is 2.33 bits per heavy atom. The van der Waals surface area contributed by atoms with Crippen LogP contribution in [0.2, 0.25) is 0 Å². The van der Waals surface area contributed by atoms with Crippen molar-refractivity contribution in [3.05, 3.63) is 0 Å². The van der Waals surface area contributed by atoms with Crippen molar-refractivity contribution in [2.45, 2.75) is 19.3 Å². The molecule has 0 aromatic heterocycles. The summed E-state index contributed by atoms with van der Waals surface area (Å²) in [5.74, 6) is 1.58. The van der Waals surface area contributed by atoms with Crippen LogP contribution in [-0.2, 0) is 0 Å². The fourth-order valence-electron chi connectivity index (χ4n) is 1.05. The molecule has 50 valence electrons. The highest BCUT2D eigenvalue weighted by atomic mass is 14.9. The van der Waals surface area contributed by atoms with Crippen molar-refractivity contribution in [1.29, 1.82) is 0 Å². The summed E-state index contributed by atoms with van der Waals surface area (Å²) in [6.45, 7) is 3.45. The monoisotopic (exact) mass is 124 g/mol. The first kappa shape index (κ1) is 6.46. The first-order valence-electron chi connectivity index (χ1n) is 3.32. The van der Waals surface area contributed by atoms with E-state index < -0.39 is 0 Å². The Labute approximate surface area is 55.7 Å². The molecule has 0 amide bonds. The standard InChI is InChI=1S/C7H12N2/c1-8-7(9-2)6-4-3-5-6/h6H,1,3-5H2,2H3/b9-7-. The largest absolute Gasteiger partial charge is 0.274 e. The molecule has 0 bridgehead atoms. The molecule has 0 radical (unpaired) electrons. The van der Waals surface area contributed by atoms with E-state index in [4.69, 9.17) is 0 Å². The molecule has 2 nitrogen and oxygen atoms in total. The van der Waals surface area contributed by atoms with Crippen molar-refractivity contribution >= 4 is 12.6 Å². The van der Waals surface area contributed by atoms with Gasteiger partial charge in [-0.2, -0.15) is 0 Å². The van der Waals surface area contributed by atoms with Gasteiger partial charge in [-0.25, -0.2) is 4.99 Å². The average Bonchev–Trinajstić information content (AvgIpc) is 1.78. The van der Waals surface area contributed by atoms with Crippen molar-refractivity contribution in [1.82, 2.24) is 0 Å². The molecule has 1 fully saturated rings. The summed E-state index contributed by atoms with van der Waals surface area (Å²) < 4.78 is 0.